The van der Waals surface area contributed by atoms with E-state index in [1.165, 1.54) is 4.90 Å². The second-order valence-electron chi connectivity index (χ2n) is 10.5. The summed E-state index contributed by atoms with van der Waals surface area (Å²) in [6.07, 6.45) is -0.644. The fraction of sp³-hybridized carbons (Fsp3) is 0.379. The number of aliphatic hydroxyl groups excluding tert-OH is 1. The Morgan fingerprint density at radius 1 is 1.21 bits per heavy atom. The van der Waals surface area contributed by atoms with Gasteiger partial charge in [-0.25, -0.2) is 4.98 Å². The molecule has 0 bridgehead atoms. The maximum atomic E-state index is 13.9. The van der Waals surface area contributed by atoms with Crippen LogP contribution in [0.4, 0.5) is 0 Å². The molecule has 0 unspecified atom stereocenters. The number of halogens is 1. The Labute approximate surface area is 240 Å². The Kier molecular flexibility index (Phi) is 7.89. The molecular formula is C29H31BrN4O4S. The monoisotopic (exact) mass is 610 g/mol. The van der Waals surface area contributed by atoms with E-state index in [1.807, 2.05) is 62.7 Å². The van der Waals surface area contributed by atoms with E-state index in [-0.39, 0.29) is 36.6 Å². The summed E-state index contributed by atoms with van der Waals surface area (Å²) in [6.45, 7) is 6.47. The number of rotatable bonds is 7. The number of amides is 3. The van der Waals surface area contributed by atoms with Gasteiger partial charge >= 0.3 is 0 Å². The largest absolute Gasteiger partial charge is 0.391 e. The van der Waals surface area contributed by atoms with Crippen molar-refractivity contribution >= 4 is 45.0 Å². The Bertz CT molecular complexity index is 1410. The number of carbonyl (C=O) groups excluding carboxylic acids is 3. The number of carbonyl (C=O) groups is 3. The van der Waals surface area contributed by atoms with E-state index in [2.05, 4.69) is 26.2 Å². The van der Waals surface area contributed by atoms with Crippen molar-refractivity contribution in [1.29, 1.82) is 0 Å². The molecule has 1 saturated heterocycles. The number of nitrogens with zero attached hydrogens (tertiary/aromatic N) is 3. The van der Waals surface area contributed by atoms with Crippen molar-refractivity contribution in [3.63, 3.8) is 0 Å². The van der Waals surface area contributed by atoms with E-state index in [0.717, 1.165) is 31.7 Å². The van der Waals surface area contributed by atoms with Gasteiger partial charge in [-0.05, 0) is 41.7 Å². The van der Waals surface area contributed by atoms with Gasteiger partial charge in [-0.1, -0.05) is 60.1 Å². The Morgan fingerprint density at radius 3 is 2.62 bits per heavy atom. The molecule has 5 rings (SSSR count). The van der Waals surface area contributed by atoms with E-state index in [4.69, 9.17) is 0 Å². The van der Waals surface area contributed by atoms with E-state index in [9.17, 15) is 19.5 Å². The predicted molar refractivity (Wildman–Crippen MR) is 153 cm³/mol. The lowest BCUT2D eigenvalue weighted by atomic mass is 10.0. The first kappa shape index (κ1) is 27.5. The molecule has 1 fully saturated rings. The van der Waals surface area contributed by atoms with Crippen LogP contribution in [0.2, 0.25) is 0 Å². The van der Waals surface area contributed by atoms with Crippen LogP contribution in [0.15, 0.2) is 52.4 Å². The lowest BCUT2D eigenvalue weighted by Crippen LogP contribution is -2.55. The van der Waals surface area contributed by atoms with E-state index in [1.54, 1.807) is 22.3 Å². The van der Waals surface area contributed by atoms with Gasteiger partial charge in [0.1, 0.15) is 12.1 Å². The molecule has 0 saturated carbocycles. The van der Waals surface area contributed by atoms with Gasteiger partial charge < -0.3 is 20.2 Å². The van der Waals surface area contributed by atoms with Crippen LogP contribution < -0.4 is 5.32 Å². The zero-order valence-electron chi connectivity index (χ0n) is 22.1. The zero-order chi connectivity index (χ0) is 27.8. The third-order valence-electron chi connectivity index (χ3n) is 7.42. The average molecular weight is 612 g/mol. The molecule has 2 aliphatic rings. The molecule has 2 N–H and O–H groups in total. The third kappa shape index (κ3) is 5.50. The van der Waals surface area contributed by atoms with Crippen LogP contribution in [-0.4, -0.2) is 62.3 Å². The number of likely N-dealkylation sites (tertiary alicyclic amines) is 1. The van der Waals surface area contributed by atoms with Crippen LogP contribution in [0, 0.1) is 12.8 Å². The average Bonchev–Trinajstić information content (AvgIpc) is 3.60. The number of nitrogens with one attached hydrogen (secondary N) is 1. The minimum atomic E-state index is -0.804. The fourth-order valence-electron chi connectivity index (χ4n) is 5.43. The zero-order valence-corrected chi connectivity index (χ0v) is 24.5. The van der Waals surface area contributed by atoms with Crippen molar-refractivity contribution in [2.24, 2.45) is 5.92 Å². The van der Waals surface area contributed by atoms with Gasteiger partial charge in [-0.15, -0.1) is 11.3 Å². The Balaban J connectivity index is 1.28. The molecule has 39 heavy (non-hydrogen) atoms. The molecule has 10 heteroatoms. The molecular weight excluding hydrogens is 580 g/mol. The van der Waals surface area contributed by atoms with Crippen molar-refractivity contribution in [1.82, 2.24) is 20.1 Å². The summed E-state index contributed by atoms with van der Waals surface area (Å²) in [4.78, 5) is 48.9. The predicted octanol–water partition coefficient (Wildman–Crippen LogP) is 4.14. The Hall–Kier alpha value is -3.08. The van der Waals surface area contributed by atoms with Crippen molar-refractivity contribution in [3.05, 3.63) is 74.8 Å². The first-order valence-corrected chi connectivity index (χ1v) is 14.7. The van der Waals surface area contributed by atoms with Crippen molar-refractivity contribution in [2.45, 2.75) is 58.5 Å². The van der Waals surface area contributed by atoms with Gasteiger partial charge in [0.2, 0.25) is 11.8 Å². The van der Waals surface area contributed by atoms with Crippen LogP contribution >= 0.6 is 27.3 Å². The number of β-amino-alcohol motifs (C(OH)–C–C–N with tert-alkyl or cyclic N) is 1. The van der Waals surface area contributed by atoms with Gasteiger partial charge in [0, 0.05) is 36.1 Å². The van der Waals surface area contributed by atoms with Gasteiger partial charge in [0.25, 0.3) is 5.91 Å². The number of hydrogen-bond acceptors (Lipinski definition) is 6. The summed E-state index contributed by atoms with van der Waals surface area (Å²) in [7, 11) is 0. The van der Waals surface area contributed by atoms with Gasteiger partial charge in [-0.2, -0.15) is 0 Å². The molecule has 0 aliphatic carbocycles. The molecule has 0 radical (unpaired) electrons. The quantitative estimate of drug-likeness (QED) is 0.418. The van der Waals surface area contributed by atoms with E-state index in [0.29, 0.717) is 18.7 Å². The number of thiazole rings is 1. The molecule has 204 valence electrons. The van der Waals surface area contributed by atoms with Crippen molar-refractivity contribution in [2.75, 3.05) is 6.54 Å². The highest BCUT2D eigenvalue weighted by molar-refractivity contribution is 9.10. The molecule has 0 spiro atoms. The fourth-order valence-corrected chi connectivity index (χ4v) is 6.61. The first-order chi connectivity index (χ1) is 18.6. The summed E-state index contributed by atoms with van der Waals surface area (Å²) < 4.78 is 0.802. The van der Waals surface area contributed by atoms with Crippen molar-refractivity contribution in [3.8, 4) is 10.4 Å². The summed E-state index contributed by atoms with van der Waals surface area (Å²) in [5, 5.41) is 13.4. The van der Waals surface area contributed by atoms with Gasteiger partial charge in [0.15, 0.2) is 0 Å². The molecule has 3 atom stereocenters. The van der Waals surface area contributed by atoms with E-state index < -0.39 is 18.2 Å². The van der Waals surface area contributed by atoms with E-state index >= 15 is 0 Å². The van der Waals surface area contributed by atoms with Gasteiger partial charge in [-0.3, -0.25) is 14.4 Å². The van der Waals surface area contributed by atoms with Gasteiger partial charge in [0.05, 0.1) is 22.2 Å². The molecule has 1 aromatic heterocycles. The van der Waals surface area contributed by atoms with Crippen LogP contribution in [0.3, 0.4) is 0 Å². The first-order valence-electron chi connectivity index (χ1n) is 13.0. The molecule has 8 nitrogen and oxygen atoms in total. The third-order valence-corrected chi connectivity index (χ3v) is 8.89. The van der Waals surface area contributed by atoms with Crippen molar-refractivity contribution < 1.29 is 19.5 Å². The highest BCUT2D eigenvalue weighted by Crippen LogP contribution is 2.32. The molecule has 2 aliphatic heterocycles. The number of benzene rings is 2. The second kappa shape index (κ2) is 11.2. The molecule has 3 heterocycles. The maximum absolute atomic E-state index is 13.9. The lowest BCUT2D eigenvalue weighted by Gasteiger charge is -2.35. The SMILES string of the molecule is Cc1ncsc1-c1ccc(CNC(=O)[C@@H]2C[C@@H](O)CN2C(=O)[C@H](C(C)C)N2Cc3ccc(Br)cc3C2=O)cc1. The minimum Gasteiger partial charge on any atom is -0.391 e. The normalized spacial score (nSPS) is 19.5. The van der Waals surface area contributed by atoms with Crippen LogP contribution in [0.5, 0.6) is 0 Å². The minimum absolute atomic E-state index is 0.0591. The second-order valence-corrected chi connectivity index (χ2v) is 12.3. The summed E-state index contributed by atoms with van der Waals surface area (Å²) >= 11 is 5.01. The highest BCUT2D eigenvalue weighted by atomic mass is 79.9. The summed E-state index contributed by atoms with van der Waals surface area (Å²) in [5.41, 5.74) is 6.26. The number of fused-ring (bicyclic) bond motifs is 1. The number of aryl methyl sites for hydroxylation is 1. The smallest absolute Gasteiger partial charge is 0.255 e. The number of aromatic nitrogens is 1. The lowest BCUT2D eigenvalue weighted by molar-refractivity contribution is -0.143. The number of aliphatic hydroxyl groups is 1. The topological polar surface area (TPSA) is 103 Å². The summed E-state index contributed by atoms with van der Waals surface area (Å²) in [6, 6.07) is 11.9. The Morgan fingerprint density at radius 2 is 1.95 bits per heavy atom. The maximum Gasteiger partial charge on any atom is 0.255 e. The summed E-state index contributed by atoms with van der Waals surface area (Å²) in [5.74, 6) is -1.01. The van der Waals surface area contributed by atoms with Crippen LogP contribution in [-0.2, 0) is 22.7 Å². The molecule has 3 amide bonds. The van der Waals surface area contributed by atoms with Crippen LogP contribution in [0.1, 0.15) is 47.4 Å². The standard InChI is InChI=1S/C29H31BrN4O4S/c1-16(2)25(34-13-20-8-9-21(30)10-23(20)28(34)37)29(38)33-14-22(35)11-24(33)27(36)31-12-18-4-6-19(7-5-18)26-17(3)32-15-39-26/h4-10,15-16,22,24-25,35H,11-14H2,1-3H3,(H,31,36)/t22-,24+,25+/m1/s1. The highest BCUT2D eigenvalue weighted by Gasteiger charge is 2.45. The molecule has 2 aromatic carbocycles. The van der Waals surface area contributed by atoms with Crippen LogP contribution in [0.25, 0.3) is 10.4 Å². The number of hydrogen-bond donors (Lipinski definition) is 2. The molecule has 3 aromatic rings.